The van der Waals surface area contributed by atoms with Crippen LogP contribution >= 0.6 is 11.8 Å². The molecule has 1 aliphatic rings. The van der Waals surface area contributed by atoms with E-state index in [0.717, 1.165) is 34.5 Å². The Bertz CT molecular complexity index is 1830. The summed E-state index contributed by atoms with van der Waals surface area (Å²) in [6, 6.07) is 22.3. The summed E-state index contributed by atoms with van der Waals surface area (Å²) in [5, 5.41) is 26.2. The number of aliphatic imine (C=N–C) groups is 1. The number of rotatable bonds is 9. The van der Waals surface area contributed by atoms with Crippen molar-refractivity contribution in [1.82, 2.24) is 0 Å². The molecule has 0 saturated carbocycles. The molecule has 1 atom stereocenters. The first-order valence-corrected chi connectivity index (χ1v) is 14.2. The topological polar surface area (TPSA) is 134 Å². The molecule has 44 heavy (non-hydrogen) atoms. The number of nitro benzene ring substituents is 1. The molecule has 12 heteroatoms. The molecule has 1 heterocycles. The average molecular weight is 615 g/mol. The highest BCUT2D eigenvalue weighted by Crippen LogP contribution is 2.32. The normalized spacial score (nSPS) is 14.3. The molecule has 0 aromatic heterocycles. The first-order chi connectivity index (χ1) is 21.1. The van der Waals surface area contributed by atoms with Crippen molar-refractivity contribution < 1.29 is 28.4 Å². The lowest BCUT2D eigenvalue weighted by molar-refractivity contribution is -0.385. The lowest BCUT2D eigenvalue weighted by Crippen LogP contribution is -2.13. The number of amidine groups is 1. The molecule has 1 unspecified atom stereocenters. The number of non-ortho nitro benzene ring substituents is 1. The molecule has 0 aliphatic carbocycles. The van der Waals surface area contributed by atoms with E-state index >= 15 is 0 Å². The fourth-order valence-corrected chi connectivity index (χ4v) is 5.38. The first-order valence-electron chi connectivity index (χ1n) is 13.3. The van der Waals surface area contributed by atoms with Crippen LogP contribution in [0.5, 0.6) is 0 Å². The van der Waals surface area contributed by atoms with Gasteiger partial charge in [-0.2, -0.15) is 4.99 Å². The third-order valence-electron chi connectivity index (χ3n) is 6.82. The Morgan fingerprint density at radius 2 is 1.61 bits per heavy atom. The maximum Gasteiger partial charge on any atom is 0.311 e. The van der Waals surface area contributed by atoms with E-state index in [2.05, 4.69) is 15.6 Å². The van der Waals surface area contributed by atoms with Gasteiger partial charge in [-0.3, -0.25) is 19.7 Å². The van der Waals surface area contributed by atoms with E-state index in [1.165, 1.54) is 24.3 Å². The molecule has 9 nitrogen and oxygen atoms in total. The Morgan fingerprint density at radius 3 is 2.20 bits per heavy atom. The second-order valence-electron chi connectivity index (χ2n) is 9.74. The molecule has 0 bridgehead atoms. The summed E-state index contributed by atoms with van der Waals surface area (Å²) in [5.74, 6) is -3.86. The number of nitrogens with one attached hydrogen (secondary N) is 2. The highest BCUT2D eigenvalue weighted by Gasteiger charge is 2.24. The van der Waals surface area contributed by atoms with Gasteiger partial charge in [-0.1, -0.05) is 49.4 Å². The number of amides is 1. The smallest absolute Gasteiger partial charge is 0.311 e. The van der Waals surface area contributed by atoms with Crippen LogP contribution < -0.4 is 10.6 Å². The van der Waals surface area contributed by atoms with E-state index in [-0.39, 0.29) is 28.5 Å². The molecular formula is C32H24F2N4O5S. The SMILES string of the molecule is CCC(C(=O)O)c1ccc(NC2=NC(=O)C(=Cc3ccc(-c4ccc(Nc5ccc([N+](=O)[O-])cc5F)cc4)cc3)S2)cc1F. The zero-order valence-electron chi connectivity index (χ0n) is 23.1. The standard InChI is InChI=1S/C32H24F2N4O5S/c1-2-24(31(40)41)25-13-11-22(16-26(25)33)36-32-37-30(39)29(44-32)15-18-3-5-19(6-4-18)20-7-9-21(10-8-20)35-28-14-12-23(38(42)43)17-27(28)34/h3-17,24,35H,2H2,1H3,(H,40,41)(H,36,37,39). The van der Waals surface area contributed by atoms with Crippen molar-refractivity contribution in [3.8, 4) is 11.1 Å². The summed E-state index contributed by atoms with van der Waals surface area (Å²) < 4.78 is 28.8. The van der Waals surface area contributed by atoms with Gasteiger partial charge in [0, 0.05) is 23.0 Å². The molecule has 0 fully saturated rings. The number of nitro groups is 1. The van der Waals surface area contributed by atoms with Crippen LogP contribution in [0, 0.1) is 21.7 Å². The molecule has 3 N–H and O–H groups in total. The van der Waals surface area contributed by atoms with Crippen LogP contribution in [0.2, 0.25) is 0 Å². The van der Waals surface area contributed by atoms with Crippen LogP contribution in [0.4, 0.5) is 31.5 Å². The molecule has 4 aromatic carbocycles. The van der Waals surface area contributed by atoms with Gasteiger partial charge in [0.1, 0.15) is 5.82 Å². The van der Waals surface area contributed by atoms with Gasteiger partial charge < -0.3 is 15.7 Å². The summed E-state index contributed by atoms with van der Waals surface area (Å²) in [6.07, 6.45) is 1.95. The van der Waals surface area contributed by atoms with E-state index in [0.29, 0.717) is 16.3 Å². The van der Waals surface area contributed by atoms with Gasteiger partial charge in [-0.15, -0.1) is 0 Å². The van der Waals surface area contributed by atoms with Crippen molar-refractivity contribution >= 4 is 57.6 Å². The van der Waals surface area contributed by atoms with Crippen molar-refractivity contribution in [2.75, 3.05) is 10.6 Å². The van der Waals surface area contributed by atoms with Crippen molar-refractivity contribution in [3.05, 3.63) is 123 Å². The highest BCUT2D eigenvalue weighted by atomic mass is 32.2. The highest BCUT2D eigenvalue weighted by molar-refractivity contribution is 8.18. The van der Waals surface area contributed by atoms with Gasteiger partial charge in [0.15, 0.2) is 11.0 Å². The van der Waals surface area contributed by atoms with Crippen LogP contribution in [0.1, 0.15) is 30.4 Å². The van der Waals surface area contributed by atoms with E-state index in [9.17, 15) is 33.6 Å². The van der Waals surface area contributed by atoms with Crippen LogP contribution in [0.3, 0.4) is 0 Å². The van der Waals surface area contributed by atoms with E-state index < -0.39 is 34.4 Å². The number of benzene rings is 4. The number of anilines is 3. The van der Waals surface area contributed by atoms with Crippen LogP contribution in [0.15, 0.2) is 94.8 Å². The lowest BCUT2D eigenvalue weighted by atomic mass is 9.96. The Hall–Kier alpha value is -5.36. The van der Waals surface area contributed by atoms with Crippen molar-refractivity contribution in [3.63, 3.8) is 0 Å². The zero-order valence-corrected chi connectivity index (χ0v) is 23.9. The van der Waals surface area contributed by atoms with Gasteiger partial charge in [0.05, 0.1) is 27.5 Å². The quantitative estimate of drug-likeness (QED) is 0.0983. The Labute approximate surface area is 254 Å². The van der Waals surface area contributed by atoms with E-state index in [4.69, 9.17) is 0 Å². The number of aliphatic carboxylic acids is 1. The third-order valence-corrected chi connectivity index (χ3v) is 7.72. The predicted molar refractivity (Wildman–Crippen MR) is 167 cm³/mol. The number of carbonyl (C=O) groups excluding carboxylic acids is 1. The van der Waals surface area contributed by atoms with Gasteiger partial charge in [-0.05, 0) is 71.3 Å². The molecule has 222 valence electrons. The molecule has 5 rings (SSSR count). The number of nitrogens with zero attached hydrogens (tertiary/aromatic N) is 2. The summed E-state index contributed by atoms with van der Waals surface area (Å²) in [6.45, 7) is 1.67. The molecule has 0 saturated heterocycles. The lowest BCUT2D eigenvalue weighted by Gasteiger charge is -2.13. The second kappa shape index (κ2) is 12.9. The van der Waals surface area contributed by atoms with Gasteiger partial charge >= 0.3 is 5.97 Å². The van der Waals surface area contributed by atoms with Crippen molar-refractivity contribution in [1.29, 1.82) is 0 Å². The molecule has 4 aromatic rings. The summed E-state index contributed by atoms with van der Waals surface area (Å²) in [4.78, 5) is 38.4. The van der Waals surface area contributed by atoms with Crippen LogP contribution in [-0.4, -0.2) is 27.1 Å². The monoisotopic (exact) mass is 614 g/mol. The fourth-order valence-electron chi connectivity index (χ4n) is 4.54. The predicted octanol–water partition coefficient (Wildman–Crippen LogP) is 7.94. The minimum atomic E-state index is -1.10. The molecule has 1 aliphatic heterocycles. The fraction of sp³-hybridized carbons (Fsp3) is 0.0938. The number of carboxylic acids is 1. The molecule has 0 spiro atoms. The zero-order chi connectivity index (χ0) is 31.4. The maximum absolute atomic E-state index is 14.6. The van der Waals surface area contributed by atoms with Crippen LogP contribution in [-0.2, 0) is 9.59 Å². The number of thioether (sulfide) groups is 1. The Kier molecular flexibility index (Phi) is 8.81. The van der Waals surface area contributed by atoms with E-state index in [1.54, 1.807) is 31.2 Å². The summed E-state index contributed by atoms with van der Waals surface area (Å²) in [7, 11) is 0. The number of halogens is 2. The maximum atomic E-state index is 14.6. The molecule has 1 amide bonds. The minimum Gasteiger partial charge on any atom is -0.481 e. The number of hydrogen-bond donors (Lipinski definition) is 3. The van der Waals surface area contributed by atoms with Gasteiger partial charge in [-0.25, -0.2) is 8.78 Å². The molecular weight excluding hydrogens is 590 g/mol. The number of carboxylic acid groups (broad SMARTS) is 1. The average Bonchev–Trinajstić information content (AvgIpc) is 3.33. The van der Waals surface area contributed by atoms with E-state index in [1.807, 2.05) is 36.4 Å². The van der Waals surface area contributed by atoms with Crippen LogP contribution in [0.25, 0.3) is 17.2 Å². The third kappa shape index (κ3) is 6.81. The summed E-state index contributed by atoms with van der Waals surface area (Å²) >= 11 is 1.11. The van der Waals surface area contributed by atoms with Crippen molar-refractivity contribution in [2.45, 2.75) is 19.3 Å². The summed E-state index contributed by atoms with van der Waals surface area (Å²) in [5.41, 5.74) is 3.40. The number of carbonyl (C=O) groups is 2. The Morgan fingerprint density at radius 1 is 0.955 bits per heavy atom. The first kappa shape index (κ1) is 30.1. The van der Waals surface area contributed by atoms with Gasteiger partial charge in [0.25, 0.3) is 11.6 Å². The molecule has 0 radical (unpaired) electrons. The second-order valence-corrected chi connectivity index (χ2v) is 10.8. The Balaban J connectivity index is 1.21. The minimum absolute atomic E-state index is 0.0944. The number of hydrogen-bond acceptors (Lipinski definition) is 7. The largest absolute Gasteiger partial charge is 0.481 e. The van der Waals surface area contributed by atoms with Gasteiger partial charge in [0.2, 0.25) is 0 Å². The van der Waals surface area contributed by atoms with Crippen molar-refractivity contribution in [2.24, 2.45) is 4.99 Å².